The lowest BCUT2D eigenvalue weighted by Crippen LogP contribution is -2.02. The molecule has 0 saturated heterocycles. The largest absolute Gasteiger partial charge is 0.410 e. The van der Waals surface area contributed by atoms with Crippen molar-refractivity contribution in [3.05, 3.63) is 60.2 Å². The third kappa shape index (κ3) is 2.50. The van der Waals surface area contributed by atoms with Gasteiger partial charge in [0.15, 0.2) is 0 Å². The number of hydrogen-bond acceptors (Lipinski definition) is 5. The molecule has 5 nitrogen and oxygen atoms in total. The molecular formula is C14H12N4OS. The lowest BCUT2D eigenvalue weighted by molar-refractivity contribution is 0.321. The van der Waals surface area contributed by atoms with Gasteiger partial charge < -0.3 is 5.21 Å². The molecule has 6 heteroatoms. The minimum absolute atomic E-state index is 0.537. The van der Waals surface area contributed by atoms with Gasteiger partial charge in [-0.2, -0.15) is 0 Å². The molecule has 2 aromatic carbocycles. The number of oxime groups is 1. The van der Waals surface area contributed by atoms with Gasteiger partial charge in [0.25, 0.3) is 0 Å². The maximum absolute atomic E-state index is 9.14. The quantitative estimate of drug-likeness (QED) is 0.347. The highest BCUT2D eigenvalue weighted by Crippen LogP contribution is 2.18. The van der Waals surface area contributed by atoms with Crippen LogP contribution in [0.5, 0.6) is 0 Å². The predicted octanol–water partition coefficient (Wildman–Crippen LogP) is 2.96. The maximum atomic E-state index is 9.14. The molecule has 1 heterocycles. The molecule has 100 valence electrons. The first kappa shape index (κ1) is 12.7. The van der Waals surface area contributed by atoms with Gasteiger partial charge in [-0.25, -0.2) is 4.68 Å². The van der Waals surface area contributed by atoms with Crippen LogP contribution in [-0.4, -0.2) is 25.2 Å². The minimum atomic E-state index is 0.537. The Labute approximate surface area is 119 Å². The molecule has 3 aromatic rings. The van der Waals surface area contributed by atoms with E-state index in [0.717, 1.165) is 16.6 Å². The van der Waals surface area contributed by atoms with Crippen LogP contribution in [0.25, 0.3) is 11.0 Å². The van der Waals surface area contributed by atoms with Gasteiger partial charge in [0, 0.05) is 5.56 Å². The fraction of sp³-hybridized carbons (Fsp3) is 0.0714. The van der Waals surface area contributed by atoms with Gasteiger partial charge in [-0.1, -0.05) is 64.6 Å². The second-order valence-corrected chi connectivity index (χ2v) is 5.06. The highest BCUT2D eigenvalue weighted by molar-refractivity contribution is 8.13. The average molecular weight is 284 g/mol. The van der Waals surface area contributed by atoms with Crippen molar-refractivity contribution in [1.29, 1.82) is 0 Å². The molecule has 0 fully saturated rings. The van der Waals surface area contributed by atoms with Crippen LogP contribution in [0.3, 0.4) is 0 Å². The van der Waals surface area contributed by atoms with Gasteiger partial charge in [-0.05, 0) is 12.1 Å². The summed E-state index contributed by atoms with van der Waals surface area (Å²) < 4.78 is 1.79. The number of rotatable bonds is 3. The molecule has 0 aliphatic carbocycles. The van der Waals surface area contributed by atoms with Crippen molar-refractivity contribution in [2.45, 2.75) is 5.88 Å². The highest BCUT2D eigenvalue weighted by Gasteiger charge is 2.08. The van der Waals surface area contributed by atoms with E-state index >= 15 is 0 Å². The Hall–Kier alpha value is -2.34. The van der Waals surface area contributed by atoms with Crippen molar-refractivity contribution < 1.29 is 5.21 Å². The first-order valence-electron chi connectivity index (χ1n) is 6.07. The van der Waals surface area contributed by atoms with Crippen LogP contribution >= 0.6 is 11.8 Å². The van der Waals surface area contributed by atoms with Crippen molar-refractivity contribution in [3.8, 4) is 0 Å². The number of thioether (sulfide) groups is 1. The Bertz CT molecular complexity index is 739. The van der Waals surface area contributed by atoms with Crippen molar-refractivity contribution in [3.63, 3.8) is 0 Å². The fourth-order valence-corrected chi connectivity index (χ4v) is 2.68. The van der Waals surface area contributed by atoms with Crippen LogP contribution in [0.1, 0.15) is 5.56 Å². The maximum Gasteiger partial charge on any atom is 0.144 e. The molecule has 0 bridgehead atoms. The third-order valence-electron chi connectivity index (χ3n) is 2.86. The van der Waals surface area contributed by atoms with Crippen LogP contribution in [0.2, 0.25) is 0 Å². The lowest BCUT2D eigenvalue weighted by atomic mass is 10.2. The SMILES string of the molecule is ON=C(SCn1nnc2ccccc21)c1ccccc1. The summed E-state index contributed by atoms with van der Waals surface area (Å²) in [5, 5.41) is 21.3. The first-order valence-corrected chi connectivity index (χ1v) is 7.05. The first-order chi connectivity index (χ1) is 9.88. The van der Waals surface area contributed by atoms with Crippen molar-refractivity contribution in [2.24, 2.45) is 5.16 Å². The van der Waals surface area contributed by atoms with E-state index in [1.54, 1.807) is 4.68 Å². The second-order valence-electron chi connectivity index (χ2n) is 4.12. The number of para-hydroxylation sites is 1. The Morgan fingerprint density at radius 3 is 2.65 bits per heavy atom. The van der Waals surface area contributed by atoms with Crippen LogP contribution in [0, 0.1) is 0 Å². The normalized spacial score (nSPS) is 11.9. The van der Waals surface area contributed by atoms with E-state index in [0.29, 0.717) is 10.9 Å². The molecule has 0 amide bonds. The van der Waals surface area contributed by atoms with Crippen molar-refractivity contribution >= 4 is 27.8 Å². The molecule has 3 rings (SSSR count). The van der Waals surface area contributed by atoms with E-state index in [4.69, 9.17) is 5.21 Å². The van der Waals surface area contributed by atoms with Crippen LogP contribution in [0.15, 0.2) is 59.8 Å². The molecule has 0 aliphatic rings. The minimum Gasteiger partial charge on any atom is -0.410 e. The van der Waals surface area contributed by atoms with Gasteiger partial charge >= 0.3 is 0 Å². The third-order valence-corrected chi connectivity index (χ3v) is 3.82. The smallest absolute Gasteiger partial charge is 0.144 e. The van der Waals surface area contributed by atoms with E-state index in [1.807, 2.05) is 54.6 Å². The lowest BCUT2D eigenvalue weighted by Gasteiger charge is -2.04. The molecule has 0 radical (unpaired) electrons. The van der Waals surface area contributed by atoms with E-state index in [1.165, 1.54) is 11.8 Å². The predicted molar refractivity (Wildman–Crippen MR) is 79.9 cm³/mol. The fourth-order valence-electron chi connectivity index (χ4n) is 1.89. The van der Waals surface area contributed by atoms with Gasteiger partial charge in [-0.3, -0.25) is 0 Å². The number of aromatic nitrogens is 3. The number of hydrogen-bond donors (Lipinski definition) is 1. The Balaban J connectivity index is 1.79. The topological polar surface area (TPSA) is 63.3 Å². The highest BCUT2D eigenvalue weighted by atomic mass is 32.2. The van der Waals surface area contributed by atoms with Crippen molar-refractivity contribution in [2.75, 3.05) is 0 Å². The Morgan fingerprint density at radius 1 is 1.10 bits per heavy atom. The summed E-state index contributed by atoms with van der Waals surface area (Å²) in [6.07, 6.45) is 0. The number of nitrogens with zero attached hydrogens (tertiary/aromatic N) is 4. The summed E-state index contributed by atoms with van der Waals surface area (Å²) >= 11 is 1.41. The van der Waals surface area contributed by atoms with Gasteiger partial charge in [0.2, 0.25) is 0 Å². The van der Waals surface area contributed by atoms with Gasteiger partial charge in [-0.15, -0.1) is 5.10 Å². The Kier molecular flexibility index (Phi) is 3.64. The van der Waals surface area contributed by atoms with Gasteiger partial charge in [0.05, 0.1) is 11.4 Å². The van der Waals surface area contributed by atoms with E-state index in [2.05, 4.69) is 15.5 Å². The zero-order chi connectivity index (χ0) is 13.8. The Morgan fingerprint density at radius 2 is 1.85 bits per heavy atom. The summed E-state index contributed by atoms with van der Waals surface area (Å²) in [5.74, 6) is 0.537. The zero-order valence-electron chi connectivity index (χ0n) is 10.5. The molecule has 0 saturated carbocycles. The summed E-state index contributed by atoms with van der Waals surface area (Å²) in [4.78, 5) is 0. The number of benzene rings is 2. The van der Waals surface area contributed by atoms with Crippen LogP contribution < -0.4 is 0 Å². The van der Waals surface area contributed by atoms with E-state index in [9.17, 15) is 0 Å². The molecule has 0 aliphatic heterocycles. The molecule has 1 aromatic heterocycles. The standard InChI is InChI=1S/C14H12N4OS/c19-16-14(11-6-2-1-3-7-11)20-10-18-13-9-5-4-8-12(13)15-17-18/h1-9,19H,10H2. The van der Waals surface area contributed by atoms with E-state index < -0.39 is 0 Å². The van der Waals surface area contributed by atoms with Crippen LogP contribution in [-0.2, 0) is 5.88 Å². The molecule has 0 unspecified atom stereocenters. The molecule has 20 heavy (non-hydrogen) atoms. The summed E-state index contributed by atoms with van der Waals surface area (Å²) in [5.41, 5.74) is 2.70. The monoisotopic (exact) mass is 284 g/mol. The molecular weight excluding hydrogens is 272 g/mol. The molecule has 1 N–H and O–H groups in total. The molecule has 0 spiro atoms. The van der Waals surface area contributed by atoms with Gasteiger partial charge in [0.1, 0.15) is 10.6 Å². The van der Waals surface area contributed by atoms with Crippen LogP contribution in [0.4, 0.5) is 0 Å². The average Bonchev–Trinajstić information content (AvgIpc) is 2.92. The summed E-state index contributed by atoms with van der Waals surface area (Å²) in [6.45, 7) is 0. The zero-order valence-corrected chi connectivity index (χ0v) is 11.4. The summed E-state index contributed by atoms with van der Waals surface area (Å²) in [6, 6.07) is 17.3. The molecule has 0 atom stereocenters. The van der Waals surface area contributed by atoms with Crippen molar-refractivity contribution in [1.82, 2.24) is 15.0 Å². The number of fused-ring (bicyclic) bond motifs is 1. The second kappa shape index (κ2) is 5.75. The van der Waals surface area contributed by atoms with E-state index in [-0.39, 0.29) is 0 Å². The summed E-state index contributed by atoms with van der Waals surface area (Å²) in [7, 11) is 0.